The first-order chi connectivity index (χ1) is 6.22. The zero-order chi connectivity index (χ0) is 9.68. The van der Waals surface area contributed by atoms with Crippen LogP contribution < -0.4 is 0 Å². The minimum atomic E-state index is 1.12. The van der Waals surface area contributed by atoms with Crippen molar-refractivity contribution >= 4 is 15.9 Å². The van der Waals surface area contributed by atoms with Crippen LogP contribution >= 0.6 is 15.9 Å². The molecule has 0 heterocycles. The van der Waals surface area contributed by atoms with Gasteiger partial charge in [-0.2, -0.15) is 0 Å². The maximum Gasteiger partial charge on any atom is 0.0178 e. The maximum atomic E-state index is 3.47. The molecule has 0 aliphatic carbocycles. The Balaban J connectivity index is 2.45. The summed E-state index contributed by atoms with van der Waals surface area (Å²) in [5, 5.41) is 0. The first-order valence-electron chi connectivity index (χ1n) is 4.65. The van der Waals surface area contributed by atoms with Gasteiger partial charge in [0.15, 0.2) is 0 Å². The zero-order valence-electron chi connectivity index (χ0n) is 8.26. The largest absolute Gasteiger partial charge is 0.306 e. The summed E-state index contributed by atoms with van der Waals surface area (Å²) in [4.78, 5) is 2.32. The highest BCUT2D eigenvalue weighted by atomic mass is 79.9. The van der Waals surface area contributed by atoms with Crippen LogP contribution in [0.5, 0.6) is 0 Å². The molecule has 0 bridgehead atoms. The molecule has 0 aliphatic rings. The Bertz CT molecular complexity index is 260. The van der Waals surface area contributed by atoms with E-state index < -0.39 is 0 Å². The van der Waals surface area contributed by atoms with Crippen LogP contribution in [0.2, 0.25) is 0 Å². The normalized spacial score (nSPS) is 10.8. The number of halogens is 1. The summed E-state index contributed by atoms with van der Waals surface area (Å²) in [7, 11) is 2.15. The number of likely N-dealkylation sites (N-methyl/N-ethyl adjacent to an activating group) is 1. The van der Waals surface area contributed by atoms with Gasteiger partial charge < -0.3 is 4.90 Å². The molecule has 1 aromatic rings. The summed E-state index contributed by atoms with van der Waals surface area (Å²) >= 11 is 3.47. The third-order valence-electron chi connectivity index (χ3n) is 2.21. The van der Waals surface area contributed by atoms with Gasteiger partial charge in [-0.05, 0) is 37.7 Å². The molecule has 0 spiro atoms. The van der Waals surface area contributed by atoms with E-state index in [0.29, 0.717) is 0 Å². The minimum absolute atomic E-state index is 1.12. The summed E-state index contributed by atoms with van der Waals surface area (Å²) in [6.07, 6.45) is 1.13. The second-order valence-electron chi connectivity index (χ2n) is 3.28. The van der Waals surface area contributed by atoms with Crippen LogP contribution in [-0.2, 0) is 6.42 Å². The van der Waals surface area contributed by atoms with Gasteiger partial charge in [0.25, 0.3) is 0 Å². The predicted molar refractivity (Wildman–Crippen MR) is 61.0 cm³/mol. The minimum Gasteiger partial charge on any atom is -0.306 e. The predicted octanol–water partition coefficient (Wildman–Crippen LogP) is 2.94. The molecule has 1 aromatic carbocycles. The molecule has 0 N–H and O–H groups in total. The lowest BCUT2D eigenvalue weighted by Gasteiger charge is -2.13. The van der Waals surface area contributed by atoms with Gasteiger partial charge in [0.2, 0.25) is 0 Å². The van der Waals surface area contributed by atoms with Crippen LogP contribution in [0.1, 0.15) is 12.5 Å². The van der Waals surface area contributed by atoms with Gasteiger partial charge in [-0.15, -0.1) is 0 Å². The molecule has 0 aromatic heterocycles. The second-order valence-corrected chi connectivity index (χ2v) is 4.19. The Morgan fingerprint density at radius 1 is 1.38 bits per heavy atom. The topological polar surface area (TPSA) is 3.24 Å². The van der Waals surface area contributed by atoms with E-state index in [4.69, 9.17) is 0 Å². The lowest BCUT2D eigenvalue weighted by molar-refractivity contribution is 0.357. The lowest BCUT2D eigenvalue weighted by Crippen LogP contribution is -2.20. The molecule has 0 unspecified atom stereocenters. The van der Waals surface area contributed by atoms with Crippen LogP contribution in [0.3, 0.4) is 0 Å². The second kappa shape index (κ2) is 5.40. The van der Waals surface area contributed by atoms with E-state index in [9.17, 15) is 0 Å². The molecule has 72 valence electrons. The molecule has 0 saturated heterocycles. The van der Waals surface area contributed by atoms with Gasteiger partial charge in [0.05, 0.1) is 0 Å². The van der Waals surface area contributed by atoms with E-state index in [1.165, 1.54) is 10.0 Å². The van der Waals surface area contributed by atoms with E-state index in [-0.39, 0.29) is 0 Å². The smallest absolute Gasteiger partial charge is 0.0178 e. The lowest BCUT2D eigenvalue weighted by atomic mass is 10.1. The molecule has 2 heteroatoms. The molecular weight excluding hydrogens is 226 g/mol. The molecule has 0 radical (unpaired) electrons. The van der Waals surface area contributed by atoms with Crippen LogP contribution in [0.25, 0.3) is 0 Å². The van der Waals surface area contributed by atoms with Crippen molar-refractivity contribution in [2.45, 2.75) is 13.3 Å². The van der Waals surface area contributed by atoms with Crippen molar-refractivity contribution < 1.29 is 0 Å². The molecule has 0 atom stereocenters. The van der Waals surface area contributed by atoms with Gasteiger partial charge in [-0.3, -0.25) is 0 Å². The first-order valence-corrected chi connectivity index (χ1v) is 5.44. The van der Waals surface area contributed by atoms with Crippen molar-refractivity contribution in [3.05, 3.63) is 34.3 Å². The highest BCUT2D eigenvalue weighted by Gasteiger charge is 1.96. The monoisotopic (exact) mass is 241 g/mol. The average molecular weight is 242 g/mol. The van der Waals surface area contributed by atoms with E-state index in [2.05, 4.69) is 59.1 Å². The van der Waals surface area contributed by atoms with Crippen molar-refractivity contribution in [2.24, 2.45) is 0 Å². The average Bonchev–Trinajstić information content (AvgIpc) is 2.14. The Kier molecular flexibility index (Phi) is 4.46. The SMILES string of the molecule is CCN(C)CCc1cccc(Br)c1. The first kappa shape index (κ1) is 10.7. The Morgan fingerprint density at radius 2 is 2.15 bits per heavy atom. The maximum absolute atomic E-state index is 3.47. The summed E-state index contributed by atoms with van der Waals surface area (Å²) in [5.41, 5.74) is 1.40. The highest BCUT2D eigenvalue weighted by Crippen LogP contribution is 2.12. The van der Waals surface area contributed by atoms with E-state index in [1.807, 2.05) is 0 Å². The molecule has 0 amide bonds. The van der Waals surface area contributed by atoms with Gasteiger partial charge in [-0.1, -0.05) is 35.0 Å². The molecular formula is C11H16BrN. The summed E-state index contributed by atoms with van der Waals surface area (Å²) in [5.74, 6) is 0. The highest BCUT2D eigenvalue weighted by molar-refractivity contribution is 9.10. The third kappa shape index (κ3) is 3.92. The number of benzene rings is 1. The number of hydrogen-bond acceptors (Lipinski definition) is 1. The molecule has 1 nitrogen and oxygen atoms in total. The van der Waals surface area contributed by atoms with Crippen molar-refractivity contribution in [2.75, 3.05) is 20.1 Å². The van der Waals surface area contributed by atoms with Crippen molar-refractivity contribution in [3.63, 3.8) is 0 Å². The molecule has 13 heavy (non-hydrogen) atoms. The standard InChI is InChI=1S/C11H16BrN/c1-3-13(2)8-7-10-5-4-6-11(12)9-10/h4-6,9H,3,7-8H2,1-2H3. The van der Waals surface area contributed by atoms with E-state index >= 15 is 0 Å². The van der Waals surface area contributed by atoms with Gasteiger partial charge >= 0.3 is 0 Å². The molecule has 0 fully saturated rings. The zero-order valence-corrected chi connectivity index (χ0v) is 9.84. The van der Waals surface area contributed by atoms with Crippen molar-refractivity contribution in [1.29, 1.82) is 0 Å². The van der Waals surface area contributed by atoms with Gasteiger partial charge in [0, 0.05) is 11.0 Å². The van der Waals surface area contributed by atoms with Crippen LogP contribution in [-0.4, -0.2) is 25.0 Å². The van der Waals surface area contributed by atoms with Crippen LogP contribution in [0.15, 0.2) is 28.7 Å². The Hall–Kier alpha value is -0.340. The van der Waals surface area contributed by atoms with Crippen molar-refractivity contribution in [1.82, 2.24) is 4.90 Å². The van der Waals surface area contributed by atoms with E-state index in [1.54, 1.807) is 0 Å². The van der Waals surface area contributed by atoms with Crippen molar-refractivity contribution in [3.8, 4) is 0 Å². The number of nitrogens with zero attached hydrogens (tertiary/aromatic N) is 1. The summed E-state index contributed by atoms with van der Waals surface area (Å²) in [6.45, 7) is 4.43. The number of rotatable bonds is 4. The quantitative estimate of drug-likeness (QED) is 0.784. The fourth-order valence-electron chi connectivity index (χ4n) is 1.17. The molecule has 0 saturated carbocycles. The molecule has 1 rings (SSSR count). The van der Waals surface area contributed by atoms with Gasteiger partial charge in [-0.25, -0.2) is 0 Å². The number of hydrogen-bond donors (Lipinski definition) is 0. The Labute approximate surface area is 88.9 Å². The summed E-state index contributed by atoms with van der Waals surface area (Å²) < 4.78 is 1.17. The van der Waals surface area contributed by atoms with E-state index in [0.717, 1.165) is 19.5 Å². The fraction of sp³-hybridized carbons (Fsp3) is 0.455. The molecule has 0 aliphatic heterocycles. The van der Waals surface area contributed by atoms with Crippen LogP contribution in [0, 0.1) is 0 Å². The Morgan fingerprint density at radius 3 is 2.77 bits per heavy atom. The fourth-order valence-corrected chi connectivity index (χ4v) is 1.62. The third-order valence-corrected chi connectivity index (χ3v) is 2.70. The van der Waals surface area contributed by atoms with Crippen LogP contribution in [0.4, 0.5) is 0 Å². The van der Waals surface area contributed by atoms with Gasteiger partial charge in [0.1, 0.15) is 0 Å². The summed E-state index contributed by atoms with van der Waals surface area (Å²) in [6, 6.07) is 8.51.